The van der Waals surface area contributed by atoms with Gasteiger partial charge in [-0.05, 0) is 43.0 Å². The Morgan fingerprint density at radius 3 is 2.55 bits per heavy atom. The molecule has 7 heteroatoms. The lowest BCUT2D eigenvalue weighted by Gasteiger charge is -2.15. The van der Waals surface area contributed by atoms with Crippen LogP contribution in [0.25, 0.3) is 6.08 Å². The van der Waals surface area contributed by atoms with Crippen LogP contribution in [0, 0.1) is 0 Å². The largest absolute Gasteiger partial charge is 0.493 e. The molecule has 3 rings (SSSR count). The molecule has 1 amide bonds. The van der Waals surface area contributed by atoms with Crippen molar-refractivity contribution < 1.29 is 19.0 Å². The van der Waals surface area contributed by atoms with E-state index in [1.165, 1.54) is 11.8 Å². The Bertz CT molecular complexity index is 912. The van der Waals surface area contributed by atoms with Gasteiger partial charge in [-0.25, -0.2) is 4.99 Å². The van der Waals surface area contributed by atoms with E-state index in [1.54, 1.807) is 19.1 Å². The Balaban J connectivity index is 1.95. The van der Waals surface area contributed by atoms with Gasteiger partial charge in [0.25, 0.3) is 5.91 Å². The van der Waals surface area contributed by atoms with Crippen LogP contribution in [0.3, 0.4) is 0 Å². The van der Waals surface area contributed by atoms with Crippen molar-refractivity contribution in [2.24, 2.45) is 4.99 Å². The number of carbonyl (C=O) groups excluding carboxylic acids is 1. The lowest BCUT2D eigenvalue weighted by Crippen LogP contribution is -2.32. The van der Waals surface area contributed by atoms with Crippen molar-refractivity contribution in [2.45, 2.75) is 6.92 Å². The average molecular weight is 413 g/mol. The zero-order chi connectivity index (χ0) is 20.6. The molecule has 0 N–H and O–H groups in total. The van der Waals surface area contributed by atoms with E-state index in [-0.39, 0.29) is 5.91 Å². The van der Waals surface area contributed by atoms with Gasteiger partial charge in [-0.3, -0.25) is 9.69 Å². The number of hydrogen-bond donors (Lipinski definition) is 0. The van der Waals surface area contributed by atoms with Gasteiger partial charge >= 0.3 is 0 Å². The van der Waals surface area contributed by atoms with Crippen LogP contribution in [0.1, 0.15) is 12.5 Å². The van der Waals surface area contributed by atoms with E-state index >= 15 is 0 Å². The highest BCUT2D eigenvalue weighted by Gasteiger charge is 2.33. The van der Waals surface area contributed by atoms with Gasteiger partial charge in [0.15, 0.2) is 16.7 Å². The first kappa shape index (κ1) is 21.0. The van der Waals surface area contributed by atoms with Crippen molar-refractivity contribution in [2.75, 3.05) is 34.0 Å². The molecule has 0 bridgehead atoms. The van der Waals surface area contributed by atoms with Gasteiger partial charge in [0.05, 0.1) is 38.0 Å². The maximum Gasteiger partial charge on any atom is 0.266 e. The van der Waals surface area contributed by atoms with Crippen LogP contribution in [-0.4, -0.2) is 50.0 Å². The molecule has 2 aromatic rings. The number of aliphatic imine (C=N–C) groups is 1. The Hall–Kier alpha value is -2.77. The number of methoxy groups -OCH3 is 2. The third-order valence-electron chi connectivity index (χ3n) is 4.25. The van der Waals surface area contributed by atoms with E-state index < -0.39 is 0 Å². The van der Waals surface area contributed by atoms with Gasteiger partial charge in [-0.15, -0.1) is 0 Å². The first-order chi connectivity index (χ1) is 14.2. The Morgan fingerprint density at radius 2 is 1.86 bits per heavy atom. The van der Waals surface area contributed by atoms with E-state index in [0.717, 1.165) is 11.3 Å². The van der Waals surface area contributed by atoms with Crippen LogP contribution in [0.2, 0.25) is 0 Å². The second-order valence-corrected chi connectivity index (χ2v) is 7.09. The number of benzene rings is 2. The number of ether oxygens (including phenoxy) is 3. The molecular formula is C22H24N2O4S. The Labute approximate surface area is 175 Å². The average Bonchev–Trinajstić information content (AvgIpc) is 3.03. The number of nitrogens with zero attached hydrogens (tertiary/aromatic N) is 2. The summed E-state index contributed by atoms with van der Waals surface area (Å²) in [5.74, 6) is 1.10. The highest BCUT2D eigenvalue weighted by Crippen LogP contribution is 2.38. The molecule has 0 saturated carbocycles. The van der Waals surface area contributed by atoms with Crippen molar-refractivity contribution in [3.63, 3.8) is 0 Å². The maximum atomic E-state index is 13.1. The smallest absolute Gasteiger partial charge is 0.266 e. The number of rotatable bonds is 8. The summed E-state index contributed by atoms with van der Waals surface area (Å²) in [5.41, 5.74) is 1.57. The number of amidine groups is 1. The molecule has 0 radical (unpaired) electrons. The summed E-state index contributed by atoms with van der Waals surface area (Å²) in [6.45, 7) is 3.42. The van der Waals surface area contributed by atoms with Gasteiger partial charge in [-0.2, -0.15) is 0 Å². The normalized spacial score (nSPS) is 16.7. The molecule has 29 heavy (non-hydrogen) atoms. The Morgan fingerprint density at radius 1 is 1.07 bits per heavy atom. The third kappa shape index (κ3) is 4.99. The highest BCUT2D eigenvalue weighted by atomic mass is 32.2. The number of amides is 1. The van der Waals surface area contributed by atoms with E-state index in [1.807, 2.05) is 61.5 Å². The molecule has 1 saturated heterocycles. The first-order valence-electron chi connectivity index (χ1n) is 9.31. The predicted octanol–water partition coefficient (Wildman–Crippen LogP) is 4.34. The quantitative estimate of drug-likeness (QED) is 0.477. The zero-order valence-electron chi connectivity index (χ0n) is 16.8. The molecule has 6 nitrogen and oxygen atoms in total. The lowest BCUT2D eigenvalue weighted by atomic mass is 10.1. The first-order valence-corrected chi connectivity index (χ1v) is 10.1. The minimum atomic E-state index is -0.103. The summed E-state index contributed by atoms with van der Waals surface area (Å²) in [6, 6.07) is 15.2. The summed E-state index contributed by atoms with van der Waals surface area (Å²) in [4.78, 5) is 20.0. The zero-order valence-corrected chi connectivity index (χ0v) is 17.6. The molecule has 0 spiro atoms. The van der Waals surface area contributed by atoms with Crippen LogP contribution in [0.15, 0.2) is 58.4 Å². The van der Waals surface area contributed by atoms with Crippen molar-refractivity contribution >= 4 is 34.6 Å². The molecule has 1 fully saturated rings. The molecule has 1 aliphatic rings. The Kier molecular flexibility index (Phi) is 7.32. The molecule has 0 unspecified atom stereocenters. The van der Waals surface area contributed by atoms with Crippen LogP contribution < -0.4 is 9.47 Å². The molecule has 2 aromatic carbocycles. The highest BCUT2D eigenvalue weighted by molar-refractivity contribution is 8.18. The number of hydrogen-bond acceptors (Lipinski definition) is 6. The van der Waals surface area contributed by atoms with Gasteiger partial charge in [-0.1, -0.05) is 30.3 Å². The van der Waals surface area contributed by atoms with Crippen molar-refractivity contribution in [3.05, 3.63) is 59.0 Å². The number of thioether (sulfide) groups is 1. The molecule has 152 valence electrons. The van der Waals surface area contributed by atoms with E-state index in [4.69, 9.17) is 14.2 Å². The molecule has 1 aliphatic heterocycles. The minimum Gasteiger partial charge on any atom is -0.493 e. The van der Waals surface area contributed by atoms with Crippen molar-refractivity contribution in [1.29, 1.82) is 0 Å². The molecule has 1 heterocycles. The van der Waals surface area contributed by atoms with Crippen molar-refractivity contribution in [3.8, 4) is 11.5 Å². The summed E-state index contributed by atoms with van der Waals surface area (Å²) in [6.07, 6.45) is 1.82. The summed E-state index contributed by atoms with van der Waals surface area (Å²) < 4.78 is 16.3. The van der Waals surface area contributed by atoms with E-state index in [2.05, 4.69) is 4.99 Å². The molecular weight excluding hydrogens is 388 g/mol. The summed E-state index contributed by atoms with van der Waals surface area (Å²) in [7, 11) is 3.17. The van der Waals surface area contributed by atoms with Crippen LogP contribution in [-0.2, 0) is 9.53 Å². The second kappa shape index (κ2) is 10.1. The topological polar surface area (TPSA) is 60.4 Å². The van der Waals surface area contributed by atoms with Crippen LogP contribution >= 0.6 is 11.8 Å². The van der Waals surface area contributed by atoms with E-state index in [0.29, 0.717) is 41.3 Å². The monoisotopic (exact) mass is 412 g/mol. The lowest BCUT2D eigenvalue weighted by molar-refractivity contribution is -0.122. The van der Waals surface area contributed by atoms with Crippen molar-refractivity contribution in [1.82, 2.24) is 4.90 Å². The summed E-state index contributed by atoms with van der Waals surface area (Å²) in [5, 5.41) is 0.633. The molecule has 0 atom stereocenters. The number of carbonyl (C=O) groups is 1. The maximum absolute atomic E-state index is 13.1. The van der Waals surface area contributed by atoms with Gasteiger partial charge in [0.1, 0.15) is 0 Å². The summed E-state index contributed by atoms with van der Waals surface area (Å²) >= 11 is 1.34. The van der Waals surface area contributed by atoms with Gasteiger partial charge < -0.3 is 14.2 Å². The minimum absolute atomic E-state index is 0.103. The fourth-order valence-corrected chi connectivity index (χ4v) is 3.88. The van der Waals surface area contributed by atoms with Gasteiger partial charge in [0.2, 0.25) is 0 Å². The molecule has 0 aliphatic carbocycles. The fourth-order valence-electron chi connectivity index (χ4n) is 2.87. The standard InChI is InChI=1S/C22H24N2O4S/c1-4-28-14-13-24-21(25)19(29-22(24)23-17-10-6-5-7-11-17)15-16-9-8-12-18(26-2)20(16)27-3/h5-12,15H,4,13-14H2,1-3H3/b19-15-,23-22?. The van der Waals surface area contributed by atoms with Crippen LogP contribution in [0.5, 0.6) is 11.5 Å². The van der Waals surface area contributed by atoms with Gasteiger partial charge in [0, 0.05) is 12.2 Å². The second-order valence-electron chi connectivity index (χ2n) is 6.08. The van der Waals surface area contributed by atoms with E-state index in [9.17, 15) is 4.79 Å². The molecule has 0 aromatic heterocycles. The SMILES string of the molecule is CCOCCN1C(=O)/C(=C/c2cccc(OC)c2OC)SC1=Nc1ccccc1. The third-order valence-corrected chi connectivity index (χ3v) is 5.26. The van der Waals surface area contributed by atoms with Crippen LogP contribution in [0.4, 0.5) is 5.69 Å². The fraction of sp³-hybridized carbons (Fsp3) is 0.273. The number of para-hydroxylation sites is 2. The predicted molar refractivity (Wildman–Crippen MR) is 117 cm³/mol.